The number of rotatable bonds is 2. The van der Waals surface area contributed by atoms with E-state index in [-0.39, 0.29) is 12.1 Å². The molecule has 0 fully saturated rings. The summed E-state index contributed by atoms with van der Waals surface area (Å²) in [5.41, 5.74) is 1.70. The van der Waals surface area contributed by atoms with Crippen LogP contribution < -0.4 is 9.80 Å². The summed E-state index contributed by atoms with van der Waals surface area (Å²) >= 11 is 1.64. The predicted molar refractivity (Wildman–Crippen MR) is 103 cm³/mol. The lowest BCUT2D eigenvalue weighted by Gasteiger charge is -2.31. The van der Waals surface area contributed by atoms with Gasteiger partial charge in [-0.05, 0) is 37.6 Å². The number of amides is 2. The van der Waals surface area contributed by atoms with Gasteiger partial charge in [-0.3, -0.25) is 9.89 Å². The van der Waals surface area contributed by atoms with Gasteiger partial charge in [0.25, 0.3) is 0 Å². The highest BCUT2D eigenvalue weighted by Gasteiger charge is 2.28. The lowest BCUT2D eigenvalue weighted by atomic mass is 10.2. The average Bonchev–Trinajstić information content (AvgIpc) is 2.63. The third kappa shape index (κ3) is 3.62. The normalized spacial score (nSPS) is 17.1. The van der Waals surface area contributed by atoms with Crippen molar-refractivity contribution in [3.05, 3.63) is 60.7 Å². The van der Waals surface area contributed by atoms with Crippen molar-refractivity contribution in [2.45, 2.75) is 19.4 Å². The van der Waals surface area contributed by atoms with Crippen LogP contribution in [0.5, 0.6) is 0 Å². The van der Waals surface area contributed by atoms with Crippen molar-refractivity contribution in [2.24, 2.45) is 4.99 Å². The van der Waals surface area contributed by atoms with Crippen molar-refractivity contribution in [1.29, 1.82) is 0 Å². The van der Waals surface area contributed by atoms with Crippen LogP contribution in [0.4, 0.5) is 16.2 Å². The molecule has 0 bridgehead atoms. The monoisotopic (exact) mass is 339 g/mol. The van der Waals surface area contributed by atoms with Gasteiger partial charge in [-0.1, -0.05) is 48.2 Å². The van der Waals surface area contributed by atoms with E-state index in [4.69, 9.17) is 4.99 Å². The van der Waals surface area contributed by atoms with Crippen LogP contribution in [-0.2, 0) is 0 Å². The quantitative estimate of drug-likeness (QED) is 0.799. The molecular formula is C19H21N3OS. The number of aliphatic imine (C=N–C) groups is 1. The molecule has 124 valence electrons. The van der Waals surface area contributed by atoms with Gasteiger partial charge in [0, 0.05) is 18.5 Å². The van der Waals surface area contributed by atoms with Crippen LogP contribution in [0.2, 0.25) is 0 Å². The molecule has 0 saturated carbocycles. The van der Waals surface area contributed by atoms with Crippen LogP contribution in [0.1, 0.15) is 13.3 Å². The molecule has 1 heterocycles. The number of carbonyl (C=O) groups is 1. The van der Waals surface area contributed by atoms with Crippen LogP contribution in [0.3, 0.4) is 0 Å². The molecule has 0 saturated heterocycles. The lowest BCUT2D eigenvalue weighted by Crippen LogP contribution is -2.45. The smallest absolute Gasteiger partial charge is 0.297 e. The second-order valence-corrected chi connectivity index (χ2v) is 6.81. The third-order valence-electron chi connectivity index (χ3n) is 3.93. The Morgan fingerprint density at radius 1 is 1.04 bits per heavy atom. The minimum Gasteiger partial charge on any atom is -0.297 e. The summed E-state index contributed by atoms with van der Waals surface area (Å²) in [5.74, 6) is 0.978. The van der Waals surface area contributed by atoms with E-state index in [9.17, 15) is 4.79 Å². The molecular weight excluding hydrogens is 318 g/mol. The topological polar surface area (TPSA) is 35.9 Å². The SMILES string of the molecule is CC1CCSC(N(C(=O)N(C)c2ccccc2)c2ccccc2)=N1. The molecule has 0 aliphatic carbocycles. The van der Waals surface area contributed by atoms with Gasteiger partial charge in [-0.25, -0.2) is 9.69 Å². The summed E-state index contributed by atoms with van der Waals surface area (Å²) in [6.45, 7) is 2.09. The molecule has 1 aliphatic heterocycles. The van der Waals surface area contributed by atoms with Crippen molar-refractivity contribution in [3.63, 3.8) is 0 Å². The minimum absolute atomic E-state index is 0.104. The van der Waals surface area contributed by atoms with Crippen LogP contribution in [-0.4, -0.2) is 30.0 Å². The van der Waals surface area contributed by atoms with Crippen LogP contribution in [0.25, 0.3) is 0 Å². The molecule has 0 spiro atoms. The molecule has 2 aromatic rings. The minimum atomic E-state index is -0.104. The fraction of sp³-hybridized carbons (Fsp3) is 0.263. The van der Waals surface area contributed by atoms with Gasteiger partial charge in [0.15, 0.2) is 5.17 Å². The molecule has 0 aromatic heterocycles. The van der Waals surface area contributed by atoms with Gasteiger partial charge in [0.2, 0.25) is 0 Å². The number of anilines is 2. The van der Waals surface area contributed by atoms with Crippen molar-refractivity contribution in [3.8, 4) is 0 Å². The van der Waals surface area contributed by atoms with Crippen molar-refractivity contribution >= 4 is 34.3 Å². The summed E-state index contributed by atoms with van der Waals surface area (Å²) in [6.07, 6.45) is 1.04. The van der Waals surface area contributed by atoms with Crippen LogP contribution >= 0.6 is 11.8 Å². The number of hydrogen-bond donors (Lipinski definition) is 0. The van der Waals surface area contributed by atoms with Gasteiger partial charge in [0.1, 0.15) is 0 Å². The van der Waals surface area contributed by atoms with E-state index in [0.717, 1.165) is 28.7 Å². The van der Waals surface area contributed by atoms with E-state index in [2.05, 4.69) is 6.92 Å². The Kier molecular flexibility index (Phi) is 5.20. The molecule has 5 heteroatoms. The zero-order valence-electron chi connectivity index (χ0n) is 13.9. The zero-order valence-corrected chi connectivity index (χ0v) is 14.7. The van der Waals surface area contributed by atoms with Gasteiger partial charge in [-0.15, -0.1) is 0 Å². The maximum atomic E-state index is 13.2. The number of amidine groups is 1. The van der Waals surface area contributed by atoms with E-state index < -0.39 is 0 Å². The number of nitrogens with zero attached hydrogens (tertiary/aromatic N) is 3. The largest absolute Gasteiger partial charge is 0.334 e. The van der Waals surface area contributed by atoms with Gasteiger partial charge < -0.3 is 0 Å². The summed E-state index contributed by atoms with van der Waals surface area (Å²) in [7, 11) is 1.80. The number of thioether (sulfide) groups is 1. The van der Waals surface area contributed by atoms with Gasteiger partial charge in [-0.2, -0.15) is 0 Å². The second kappa shape index (κ2) is 7.53. The molecule has 1 atom stereocenters. The Labute approximate surface area is 147 Å². The summed E-state index contributed by atoms with van der Waals surface area (Å²) < 4.78 is 0. The number of urea groups is 1. The number of benzene rings is 2. The van der Waals surface area contributed by atoms with Gasteiger partial charge >= 0.3 is 6.03 Å². The first-order valence-electron chi connectivity index (χ1n) is 8.05. The van der Waals surface area contributed by atoms with E-state index in [0.29, 0.717) is 0 Å². The maximum Gasteiger partial charge on any atom is 0.334 e. The highest BCUT2D eigenvalue weighted by Crippen LogP contribution is 2.27. The van der Waals surface area contributed by atoms with Crippen LogP contribution in [0, 0.1) is 0 Å². The number of hydrogen-bond acceptors (Lipinski definition) is 3. The molecule has 0 radical (unpaired) electrons. The molecule has 0 N–H and O–H groups in total. The highest BCUT2D eigenvalue weighted by molar-refractivity contribution is 8.14. The first kappa shape index (κ1) is 16.6. The first-order chi connectivity index (χ1) is 11.7. The molecule has 2 aromatic carbocycles. The highest BCUT2D eigenvalue weighted by atomic mass is 32.2. The fourth-order valence-corrected chi connectivity index (χ4v) is 3.73. The number of carbonyl (C=O) groups excluding carboxylic acids is 1. The van der Waals surface area contributed by atoms with E-state index in [1.165, 1.54) is 0 Å². The Morgan fingerprint density at radius 2 is 1.62 bits per heavy atom. The third-order valence-corrected chi connectivity index (χ3v) is 4.91. The van der Waals surface area contributed by atoms with Crippen LogP contribution in [0.15, 0.2) is 65.7 Å². The average molecular weight is 339 g/mol. The Balaban J connectivity index is 1.97. The summed E-state index contributed by atoms with van der Waals surface area (Å²) in [5, 5.41) is 0.771. The molecule has 4 nitrogen and oxygen atoms in total. The molecule has 2 amide bonds. The van der Waals surface area contributed by atoms with E-state index >= 15 is 0 Å². The van der Waals surface area contributed by atoms with Crippen molar-refractivity contribution < 1.29 is 4.79 Å². The zero-order chi connectivity index (χ0) is 16.9. The predicted octanol–water partition coefficient (Wildman–Crippen LogP) is 4.63. The molecule has 1 unspecified atom stereocenters. The lowest BCUT2D eigenvalue weighted by molar-refractivity contribution is 0.255. The second-order valence-electron chi connectivity index (χ2n) is 5.75. The number of para-hydroxylation sites is 2. The Hall–Kier alpha value is -2.27. The fourth-order valence-electron chi connectivity index (χ4n) is 2.53. The summed E-state index contributed by atoms with van der Waals surface area (Å²) in [6, 6.07) is 19.5. The van der Waals surface area contributed by atoms with Gasteiger partial charge in [0.05, 0.1) is 11.7 Å². The molecule has 3 rings (SSSR count). The maximum absolute atomic E-state index is 13.2. The van der Waals surface area contributed by atoms with E-state index in [1.807, 2.05) is 60.7 Å². The Morgan fingerprint density at radius 3 is 2.21 bits per heavy atom. The Bertz CT molecular complexity index is 718. The summed E-state index contributed by atoms with van der Waals surface area (Å²) in [4.78, 5) is 21.3. The van der Waals surface area contributed by atoms with E-state index in [1.54, 1.807) is 28.6 Å². The molecule has 24 heavy (non-hydrogen) atoms. The molecule has 1 aliphatic rings. The first-order valence-corrected chi connectivity index (χ1v) is 9.04. The standard InChI is InChI=1S/C19H21N3OS/c1-15-13-14-24-18(20-15)22(17-11-7-4-8-12-17)19(23)21(2)16-9-5-3-6-10-16/h3-12,15H,13-14H2,1-2H3. The van der Waals surface area contributed by atoms with Crippen molar-refractivity contribution in [1.82, 2.24) is 0 Å². The van der Waals surface area contributed by atoms with Crippen molar-refractivity contribution in [2.75, 3.05) is 22.6 Å².